The summed E-state index contributed by atoms with van der Waals surface area (Å²) in [5, 5.41) is 10.6. The molecule has 0 aromatic rings. The summed E-state index contributed by atoms with van der Waals surface area (Å²) in [7, 11) is 1.55. The van der Waals surface area contributed by atoms with E-state index in [1.807, 2.05) is 6.92 Å². The molecule has 0 unspecified atom stereocenters. The van der Waals surface area contributed by atoms with E-state index in [2.05, 4.69) is 5.32 Å². The topological polar surface area (TPSA) is 95.9 Å². The van der Waals surface area contributed by atoms with Crippen LogP contribution in [0.1, 0.15) is 26.2 Å². The lowest BCUT2D eigenvalue weighted by Gasteiger charge is -2.16. The molecule has 7 heteroatoms. The largest absolute Gasteiger partial charge is 0.481 e. The van der Waals surface area contributed by atoms with E-state index in [-0.39, 0.29) is 19.3 Å². The first-order valence-corrected chi connectivity index (χ1v) is 5.81. The summed E-state index contributed by atoms with van der Waals surface area (Å²) < 4.78 is 5.08. The lowest BCUT2D eigenvalue weighted by molar-refractivity contribution is -0.137. The Kier molecular flexibility index (Phi) is 8.55. The molecule has 0 aliphatic rings. The monoisotopic (exact) mass is 260 g/mol. The number of hydrogen-bond acceptors (Lipinski definition) is 4. The smallest absolute Gasteiger partial charge is 0.323 e. The lowest BCUT2D eigenvalue weighted by Crippen LogP contribution is -2.42. The number of carbonyl (C=O) groups excluding carboxylic acids is 2. The van der Waals surface area contributed by atoms with Crippen molar-refractivity contribution in [1.82, 2.24) is 10.2 Å². The molecule has 0 saturated carbocycles. The van der Waals surface area contributed by atoms with E-state index in [9.17, 15) is 14.4 Å². The van der Waals surface area contributed by atoms with Gasteiger partial charge in [-0.15, -0.1) is 0 Å². The Balaban J connectivity index is 3.77. The first kappa shape index (κ1) is 16.4. The molecule has 3 amide bonds. The SMILES string of the molecule is CCOCCN(C)C(=O)NC(=O)CCCC(=O)O. The number of carboxylic acids is 1. The molecule has 2 N–H and O–H groups in total. The number of nitrogens with one attached hydrogen (secondary N) is 1. The molecule has 0 heterocycles. The molecule has 18 heavy (non-hydrogen) atoms. The third-order valence-corrected chi connectivity index (χ3v) is 2.16. The van der Waals surface area contributed by atoms with Crippen molar-refractivity contribution in [2.45, 2.75) is 26.2 Å². The summed E-state index contributed by atoms with van der Waals surface area (Å²) >= 11 is 0. The summed E-state index contributed by atoms with van der Waals surface area (Å²) in [5.74, 6) is -1.42. The molecule has 0 aromatic carbocycles. The summed E-state index contributed by atoms with van der Waals surface area (Å²) in [5.41, 5.74) is 0. The highest BCUT2D eigenvalue weighted by Crippen LogP contribution is 1.95. The molecule has 104 valence electrons. The number of likely N-dealkylation sites (N-methyl/N-ethyl adjacent to an activating group) is 1. The maximum atomic E-state index is 11.5. The van der Waals surface area contributed by atoms with Crippen molar-refractivity contribution in [3.63, 3.8) is 0 Å². The van der Waals surface area contributed by atoms with Crippen molar-refractivity contribution in [2.24, 2.45) is 0 Å². The molecule has 0 saturated heterocycles. The fourth-order valence-electron chi connectivity index (χ4n) is 1.12. The fraction of sp³-hybridized carbons (Fsp3) is 0.727. The van der Waals surface area contributed by atoms with Crippen LogP contribution in [0.15, 0.2) is 0 Å². The molecule has 0 radical (unpaired) electrons. The van der Waals surface area contributed by atoms with Gasteiger partial charge in [0.1, 0.15) is 0 Å². The average Bonchev–Trinajstić information content (AvgIpc) is 2.28. The number of imide groups is 1. The van der Waals surface area contributed by atoms with Crippen LogP contribution in [0.25, 0.3) is 0 Å². The minimum absolute atomic E-state index is 0.0251. The van der Waals surface area contributed by atoms with Crippen LogP contribution >= 0.6 is 0 Å². The highest BCUT2D eigenvalue weighted by molar-refractivity contribution is 5.94. The van der Waals surface area contributed by atoms with Crippen LogP contribution in [0.3, 0.4) is 0 Å². The number of nitrogens with zero attached hydrogens (tertiary/aromatic N) is 1. The Labute approximate surface area is 106 Å². The van der Waals surface area contributed by atoms with Crippen LogP contribution in [0.4, 0.5) is 4.79 Å². The molecule has 0 aliphatic carbocycles. The minimum Gasteiger partial charge on any atom is -0.481 e. The maximum Gasteiger partial charge on any atom is 0.323 e. The van der Waals surface area contributed by atoms with E-state index in [4.69, 9.17) is 9.84 Å². The number of urea groups is 1. The highest BCUT2D eigenvalue weighted by atomic mass is 16.5. The predicted molar refractivity (Wildman–Crippen MR) is 64.1 cm³/mol. The molecule has 0 aliphatic heterocycles. The third-order valence-electron chi connectivity index (χ3n) is 2.16. The van der Waals surface area contributed by atoms with E-state index >= 15 is 0 Å². The van der Waals surface area contributed by atoms with Crippen LogP contribution in [0.2, 0.25) is 0 Å². The molecule has 7 nitrogen and oxygen atoms in total. The fourth-order valence-corrected chi connectivity index (χ4v) is 1.12. The first-order valence-electron chi connectivity index (χ1n) is 5.81. The number of amides is 3. The van der Waals surface area contributed by atoms with Crippen LogP contribution < -0.4 is 5.32 Å². The minimum atomic E-state index is -0.956. The second kappa shape index (κ2) is 9.41. The van der Waals surface area contributed by atoms with Gasteiger partial charge >= 0.3 is 12.0 Å². The van der Waals surface area contributed by atoms with Gasteiger partial charge in [0.15, 0.2) is 0 Å². The normalized spacial score (nSPS) is 9.89. The molecule has 0 fully saturated rings. The Morgan fingerprint density at radius 2 is 1.94 bits per heavy atom. The number of ether oxygens (including phenoxy) is 1. The van der Waals surface area contributed by atoms with Gasteiger partial charge in [-0.3, -0.25) is 14.9 Å². The Morgan fingerprint density at radius 3 is 2.50 bits per heavy atom. The van der Waals surface area contributed by atoms with Gasteiger partial charge in [-0.2, -0.15) is 0 Å². The molecule has 0 bridgehead atoms. The van der Waals surface area contributed by atoms with Gasteiger partial charge in [0.05, 0.1) is 6.61 Å². The quantitative estimate of drug-likeness (QED) is 0.617. The number of carboxylic acid groups (broad SMARTS) is 1. The summed E-state index contributed by atoms with van der Waals surface area (Å²) in [4.78, 5) is 34.3. The van der Waals surface area contributed by atoms with Crippen molar-refractivity contribution >= 4 is 17.9 Å². The van der Waals surface area contributed by atoms with Crippen molar-refractivity contribution in [3.05, 3.63) is 0 Å². The Morgan fingerprint density at radius 1 is 1.28 bits per heavy atom. The average molecular weight is 260 g/mol. The van der Waals surface area contributed by atoms with Gasteiger partial charge in [0.2, 0.25) is 5.91 Å². The molecular weight excluding hydrogens is 240 g/mol. The zero-order valence-electron chi connectivity index (χ0n) is 10.8. The van der Waals surface area contributed by atoms with Gasteiger partial charge in [-0.25, -0.2) is 4.79 Å². The molecule has 0 rings (SSSR count). The van der Waals surface area contributed by atoms with Crippen molar-refractivity contribution in [3.8, 4) is 0 Å². The first-order chi connectivity index (χ1) is 8.47. The number of rotatable bonds is 8. The standard InChI is InChI=1S/C11H20N2O5/c1-3-18-8-7-13(2)11(17)12-9(14)5-4-6-10(15)16/h3-8H2,1-2H3,(H,15,16)(H,12,14,17). The lowest BCUT2D eigenvalue weighted by atomic mass is 10.2. The maximum absolute atomic E-state index is 11.5. The predicted octanol–water partition coefficient (Wildman–Crippen LogP) is 0.446. The van der Waals surface area contributed by atoms with Crippen molar-refractivity contribution in [1.29, 1.82) is 0 Å². The van der Waals surface area contributed by atoms with Crippen LogP contribution in [0.5, 0.6) is 0 Å². The van der Waals surface area contributed by atoms with Crippen molar-refractivity contribution < 1.29 is 24.2 Å². The van der Waals surface area contributed by atoms with Gasteiger partial charge in [-0.1, -0.05) is 0 Å². The van der Waals surface area contributed by atoms with E-state index in [0.717, 1.165) is 0 Å². The zero-order valence-corrected chi connectivity index (χ0v) is 10.8. The second-order valence-electron chi connectivity index (χ2n) is 3.72. The molecule has 0 aromatic heterocycles. The number of hydrogen-bond donors (Lipinski definition) is 2. The Hall–Kier alpha value is -1.63. The van der Waals surface area contributed by atoms with Gasteiger partial charge in [0.25, 0.3) is 0 Å². The second-order valence-corrected chi connectivity index (χ2v) is 3.72. The van der Waals surface area contributed by atoms with E-state index in [1.165, 1.54) is 4.90 Å². The van der Waals surface area contributed by atoms with Gasteiger partial charge in [0, 0.05) is 33.0 Å². The van der Waals surface area contributed by atoms with Gasteiger partial charge in [-0.05, 0) is 13.3 Å². The molecule has 0 spiro atoms. The van der Waals surface area contributed by atoms with E-state index in [1.54, 1.807) is 7.05 Å². The Bertz CT molecular complexity index is 293. The number of carbonyl (C=O) groups is 3. The van der Waals surface area contributed by atoms with Crippen LogP contribution in [-0.2, 0) is 14.3 Å². The highest BCUT2D eigenvalue weighted by Gasteiger charge is 2.12. The van der Waals surface area contributed by atoms with Crippen LogP contribution in [-0.4, -0.2) is 54.7 Å². The zero-order chi connectivity index (χ0) is 14.0. The molecule has 0 atom stereocenters. The van der Waals surface area contributed by atoms with Crippen LogP contribution in [0, 0.1) is 0 Å². The summed E-state index contributed by atoms with van der Waals surface area (Å²) in [6, 6.07) is -0.505. The third kappa shape index (κ3) is 8.51. The number of aliphatic carboxylic acids is 1. The van der Waals surface area contributed by atoms with Crippen molar-refractivity contribution in [2.75, 3.05) is 26.8 Å². The van der Waals surface area contributed by atoms with E-state index in [0.29, 0.717) is 19.8 Å². The summed E-state index contributed by atoms with van der Waals surface area (Å²) in [6.45, 7) is 3.23. The van der Waals surface area contributed by atoms with Gasteiger partial charge < -0.3 is 14.7 Å². The summed E-state index contributed by atoms with van der Waals surface area (Å²) in [6.07, 6.45) is 0.163. The van der Waals surface area contributed by atoms with E-state index < -0.39 is 17.9 Å². The molecular formula is C11H20N2O5.